The molecule has 0 aromatic heterocycles. The van der Waals surface area contributed by atoms with Crippen LogP contribution in [0.2, 0.25) is 0 Å². The van der Waals surface area contributed by atoms with E-state index in [0.717, 1.165) is 17.3 Å². The Morgan fingerprint density at radius 1 is 1.10 bits per heavy atom. The fraction of sp³-hybridized carbons (Fsp3) is 0.176. The summed E-state index contributed by atoms with van der Waals surface area (Å²) in [5.74, 6) is -0.534. The van der Waals surface area contributed by atoms with Crippen LogP contribution in [0.15, 0.2) is 60.7 Å². The van der Waals surface area contributed by atoms with Crippen LogP contribution in [0, 0.1) is 0 Å². The summed E-state index contributed by atoms with van der Waals surface area (Å²) in [4.78, 5) is 15.1. The summed E-state index contributed by atoms with van der Waals surface area (Å²) in [6.45, 7) is 0.326. The number of Topliss-reactive ketones (excluding diaryl/α,β-unsaturated/α-hetero) is 1. The molecule has 0 radical (unpaired) electrons. The van der Waals surface area contributed by atoms with Crippen molar-refractivity contribution < 1.29 is 14.3 Å². The highest BCUT2D eigenvalue weighted by atomic mass is 16.6. The molecule has 1 heterocycles. The number of carbonyl (C=O) groups is 1. The maximum atomic E-state index is 12.3. The number of ether oxygens (including phenoxy) is 1. The number of ketones is 1. The summed E-state index contributed by atoms with van der Waals surface area (Å²) in [6.07, 6.45) is 0.923. The fourth-order valence-electron chi connectivity index (χ4n) is 2.71. The van der Waals surface area contributed by atoms with Gasteiger partial charge < -0.3 is 10.3 Å². The maximum absolute atomic E-state index is 12.3. The van der Waals surface area contributed by atoms with Gasteiger partial charge in [-0.2, -0.15) is 4.79 Å². The molecule has 2 aromatic rings. The van der Waals surface area contributed by atoms with E-state index in [9.17, 15) is 4.79 Å². The number of carbonyl (C=O) groups excluding carboxylic acids is 1. The van der Waals surface area contributed by atoms with Gasteiger partial charge in [-0.05, 0) is 11.1 Å². The van der Waals surface area contributed by atoms with E-state index in [0.29, 0.717) is 6.61 Å². The van der Waals surface area contributed by atoms with Crippen molar-refractivity contribution in [1.82, 2.24) is 0 Å². The molecule has 1 aliphatic heterocycles. The van der Waals surface area contributed by atoms with Gasteiger partial charge in [0.15, 0.2) is 5.60 Å². The van der Waals surface area contributed by atoms with E-state index in [4.69, 9.17) is 10.3 Å². The van der Waals surface area contributed by atoms with Crippen molar-refractivity contribution in [2.75, 3.05) is 6.61 Å². The Labute approximate surface area is 122 Å². The number of hydrogen-bond donors (Lipinski definition) is 0. The summed E-state index contributed by atoms with van der Waals surface area (Å²) in [6, 6.07) is 19.5. The van der Waals surface area contributed by atoms with Gasteiger partial charge in [0.25, 0.3) is 5.78 Å². The Balaban J connectivity index is 2.10. The molecule has 4 heteroatoms. The molecule has 0 bridgehead atoms. The molecular weight excluding hydrogens is 264 g/mol. The smallest absolute Gasteiger partial charge is 0.326 e. The van der Waals surface area contributed by atoms with Gasteiger partial charge in [-0.1, -0.05) is 60.7 Å². The van der Waals surface area contributed by atoms with E-state index in [1.807, 2.05) is 60.7 Å². The molecule has 0 amide bonds. The summed E-state index contributed by atoms with van der Waals surface area (Å²) in [5.41, 5.74) is 9.68. The molecule has 1 saturated heterocycles. The highest BCUT2D eigenvalue weighted by molar-refractivity contribution is 6.30. The monoisotopic (exact) mass is 278 g/mol. The number of hydrogen-bond acceptors (Lipinski definition) is 2. The van der Waals surface area contributed by atoms with Gasteiger partial charge in [0.2, 0.25) is 0 Å². The van der Waals surface area contributed by atoms with E-state index in [1.54, 1.807) is 0 Å². The topological polar surface area (TPSA) is 66.0 Å². The molecule has 0 saturated carbocycles. The zero-order valence-corrected chi connectivity index (χ0v) is 11.3. The highest BCUT2D eigenvalue weighted by Crippen LogP contribution is 2.46. The molecule has 0 spiro atoms. The first-order valence-corrected chi connectivity index (χ1v) is 6.73. The van der Waals surface area contributed by atoms with Crippen molar-refractivity contribution in [3.63, 3.8) is 0 Å². The molecule has 0 aliphatic carbocycles. The van der Waals surface area contributed by atoms with Gasteiger partial charge in [-0.15, -0.1) is 0 Å². The largest absolute Gasteiger partial charge is 0.361 e. The van der Waals surface area contributed by atoms with Crippen LogP contribution in [-0.4, -0.2) is 29.0 Å². The van der Waals surface area contributed by atoms with Crippen molar-refractivity contribution >= 4 is 12.0 Å². The van der Waals surface area contributed by atoms with E-state index in [-0.39, 0.29) is 11.7 Å². The Kier molecular flexibility index (Phi) is 3.48. The first-order valence-electron chi connectivity index (χ1n) is 6.73. The van der Waals surface area contributed by atoms with Crippen LogP contribution in [0.3, 0.4) is 0 Å². The average Bonchev–Trinajstić information content (AvgIpc) is 3.32. The molecule has 2 aromatic carbocycles. The summed E-state index contributed by atoms with van der Waals surface area (Å²) >= 11 is 0. The van der Waals surface area contributed by atoms with Crippen molar-refractivity contribution in [2.45, 2.75) is 11.5 Å². The van der Waals surface area contributed by atoms with E-state index in [1.165, 1.54) is 0 Å². The van der Waals surface area contributed by atoms with Crippen LogP contribution >= 0.6 is 0 Å². The van der Waals surface area contributed by atoms with Crippen LogP contribution in [0.5, 0.6) is 0 Å². The predicted octanol–water partition coefficient (Wildman–Crippen LogP) is 2.46. The normalized spacial score (nSPS) is 19.9. The third-order valence-corrected chi connectivity index (χ3v) is 3.78. The van der Waals surface area contributed by atoms with Crippen molar-refractivity contribution in [3.8, 4) is 0 Å². The molecule has 1 atom stereocenters. The molecule has 1 fully saturated rings. The van der Waals surface area contributed by atoms with E-state index in [2.05, 4.69) is 4.79 Å². The lowest BCUT2D eigenvalue weighted by atomic mass is 9.79. The second-order valence-electron chi connectivity index (χ2n) is 5.04. The zero-order chi connectivity index (χ0) is 14.7. The van der Waals surface area contributed by atoms with Crippen molar-refractivity contribution in [3.05, 3.63) is 77.3 Å². The Bertz CT molecular complexity index is 648. The predicted molar refractivity (Wildman–Crippen MR) is 78.1 cm³/mol. The zero-order valence-electron chi connectivity index (χ0n) is 11.3. The van der Waals surface area contributed by atoms with Crippen LogP contribution in [-0.2, 0) is 9.53 Å². The van der Waals surface area contributed by atoms with Gasteiger partial charge in [0, 0.05) is 5.92 Å². The quantitative estimate of drug-likeness (QED) is 0.365. The summed E-state index contributed by atoms with van der Waals surface area (Å²) in [5, 5.41) is 0. The lowest BCUT2D eigenvalue weighted by Gasteiger charge is -2.22. The maximum Gasteiger partial charge on any atom is 0.326 e. The standard InChI is InChI=1S/C17H14N2O2/c18-19-11-15(20)17(12-21-17)16(13-7-3-1-4-8-13)14-9-5-2-6-10-14/h1-11,16H,12H2. The van der Waals surface area contributed by atoms with Crippen LogP contribution in [0.4, 0.5) is 0 Å². The number of nitrogens with zero attached hydrogens (tertiary/aromatic N) is 2. The van der Waals surface area contributed by atoms with Crippen LogP contribution in [0.25, 0.3) is 5.53 Å². The summed E-state index contributed by atoms with van der Waals surface area (Å²) < 4.78 is 5.53. The minimum atomic E-state index is -0.963. The molecule has 3 rings (SSSR count). The number of rotatable bonds is 5. The molecule has 1 unspecified atom stereocenters. The third-order valence-electron chi connectivity index (χ3n) is 3.78. The highest BCUT2D eigenvalue weighted by Gasteiger charge is 2.59. The average molecular weight is 278 g/mol. The van der Waals surface area contributed by atoms with Gasteiger partial charge in [0.05, 0.1) is 6.61 Å². The van der Waals surface area contributed by atoms with E-state index < -0.39 is 5.60 Å². The third kappa shape index (κ3) is 2.42. The SMILES string of the molecule is [N-]=[N+]=CC(=O)C1(C(c2ccccc2)c2ccccc2)CO1. The van der Waals surface area contributed by atoms with Crippen molar-refractivity contribution in [2.24, 2.45) is 0 Å². The molecule has 21 heavy (non-hydrogen) atoms. The van der Waals surface area contributed by atoms with E-state index >= 15 is 0 Å². The second-order valence-corrected chi connectivity index (χ2v) is 5.04. The minimum Gasteiger partial charge on any atom is -0.361 e. The fourth-order valence-corrected chi connectivity index (χ4v) is 2.71. The van der Waals surface area contributed by atoms with Gasteiger partial charge in [-0.25, -0.2) is 0 Å². The van der Waals surface area contributed by atoms with Crippen LogP contribution < -0.4 is 0 Å². The molecular formula is C17H14N2O2. The Morgan fingerprint density at radius 2 is 1.57 bits per heavy atom. The molecule has 104 valence electrons. The number of benzene rings is 2. The second kappa shape index (κ2) is 5.44. The lowest BCUT2D eigenvalue weighted by molar-refractivity contribution is -0.121. The van der Waals surface area contributed by atoms with Crippen molar-refractivity contribution in [1.29, 1.82) is 0 Å². The number of epoxide rings is 1. The molecule has 4 nitrogen and oxygen atoms in total. The van der Waals surface area contributed by atoms with Gasteiger partial charge >= 0.3 is 6.21 Å². The minimum absolute atomic E-state index is 0.217. The molecule has 0 N–H and O–H groups in total. The summed E-state index contributed by atoms with van der Waals surface area (Å²) in [7, 11) is 0. The first-order chi connectivity index (χ1) is 10.3. The van der Waals surface area contributed by atoms with Gasteiger partial charge in [0.1, 0.15) is 0 Å². The Morgan fingerprint density at radius 3 is 1.95 bits per heavy atom. The lowest BCUT2D eigenvalue weighted by Crippen LogP contribution is -2.34. The van der Waals surface area contributed by atoms with Gasteiger partial charge in [-0.3, -0.25) is 4.79 Å². The Hall–Kier alpha value is -2.55. The molecule has 1 aliphatic rings. The van der Waals surface area contributed by atoms with Crippen LogP contribution in [0.1, 0.15) is 17.0 Å². The first kappa shape index (κ1) is 13.4.